The molecule has 1 aliphatic rings. The molecule has 92 valence electrons. The molecule has 1 rings (SSSR count). The highest BCUT2D eigenvalue weighted by atomic mass is 79.9. The molecule has 0 aromatic carbocycles. The monoisotopic (exact) mass is 289 g/mol. The second-order valence-corrected chi connectivity index (χ2v) is 3.26. The predicted octanol–water partition coefficient (Wildman–Crippen LogP) is -2.70. The summed E-state index contributed by atoms with van der Waals surface area (Å²) in [6, 6.07) is 0. The zero-order valence-electron chi connectivity index (χ0n) is 8.11. The van der Waals surface area contributed by atoms with E-state index in [1.165, 1.54) is 7.11 Å². The molecule has 8 heteroatoms. The van der Waals surface area contributed by atoms with Crippen LogP contribution < -0.4 is 5.73 Å². The van der Waals surface area contributed by atoms with Crippen LogP contribution in [0.3, 0.4) is 0 Å². The van der Waals surface area contributed by atoms with Crippen LogP contribution in [0.15, 0.2) is 0 Å². The first-order valence-electron chi connectivity index (χ1n) is 4.11. The van der Waals surface area contributed by atoms with Crippen molar-refractivity contribution in [1.29, 1.82) is 0 Å². The first-order valence-corrected chi connectivity index (χ1v) is 4.11. The molecule has 0 bridgehead atoms. The molecule has 0 aromatic rings. The Morgan fingerprint density at radius 3 is 2.27 bits per heavy atom. The Morgan fingerprint density at radius 1 is 1.33 bits per heavy atom. The van der Waals surface area contributed by atoms with Gasteiger partial charge >= 0.3 is 0 Å². The van der Waals surface area contributed by atoms with Crippen molar-refractivity contribution in [2.75, 3.05) is 13.7 Å². The van der Waals surface area contributed by atoms with Crippen molar-refractivity contribution < 1.29 is 29.9 Å². The first kappa shape index (κ1) is 15.2. The molecule has 7 nitrogen and oxygen atoms in total. The summed E-state index contributed by atoms with van der Waals surface area (Å²) in [5.41, 5.74) is 3.63. The second kappa shape index (κ2) is 5.51. The van der Waals surface area contributed by atoms with E-state index in [4.69, 9.17) is 15.6 Å². The molecule has 0 saturated carbocycles. The van der Waals surface area contributed by atoms with Crippen LogP contribution in [0.1, 0.15) is 0 Å². The SMILES string of the molecule is Br.CO[C@H]1OC(N)(CO)[C@H](O)[C@@H](O)[C@@H]1O. The van der Waals surface area contributed by atoms with Crippen molar-refractivity contribution in [3.8, 4) is 0 Å². The molecular formula is C7H16BrNO6. The predicted molar refractivity (Wildman–Crippen MR) is 54.2 cm³/mol. The lowest BCUT2D eigenvalue weighted by Crippen LogP contribution is -2.70. The highest BCUT2D eigenvalue weighted by Gasteiger charge is 2.51. The molecule has 1 aliphatic heterocycles. The topological polar surface area (TPSA) is 125 Å². The van der Waals surface area contributed by atoms with Gasteiger partial charge in [0.25, 0.3) is 0 Å². The van der Waals surface area contributed by atoms with Crippen LogP contribution in [-0.4, -0.2) is 64.5 Å². The van der Waals surface area contributed by atoms with Crippen LogP contribution in [0.5, 0.6) is 0 Å². The fraction of sp³-hybridized carbons (Fsp3) is 1.00. The van der Waals surface area contributed by atoms with Gasteiger partial charge in [-0.15, -0.1) is 17.0 Å². The highest BCUT2D eigenvalue weighted by Crippen LogP contribution is 2.26. The Balaban J connectivity index is 0.00000196. The lowest BCUT2D eigenvalue weighted by molar-refractivity contribution is -0.331. The number of methoxy groups -OCH3 is 1. The molecule has 1 heterocycles. The van der Waals surface area contributed by atoms with Crippen LogP contribution in [-0.2, 0) is 9.47 Å². The number of halogens is 1. The van der Waals surface area contributed by atoms with Crippen molar-refractivity contribution in [2.45, 2.75) is 30.3 Å². The Kier molecular flexibility index (Phi) is 5.58. The van der Waals surface area contributed by atoms with Crippen molar-refractivity contribution in [1.82, 2.24) is 0 Å². The molecule has 0 aliphatic carbocycles. The quantitative estimate of drug-likeness (QED) is 0.374. The average molecular weight is 290 g/mol. The van der Waals surface area contributed by atoms with Crippen LogP contribution >= 0.6 is 17.0 Å². The number of aliphatic hydroxyl groups excluding tert-OH is 4. The van der Waals surface area contributed by atoms with Gasteiger partial charge in [-0.3, -0.25) is 5.73 Å². The lowest BCUT2D eigenvalue weighted by Gasteiger charge is -2.45. The summed E-state index contributed by atoms with van der Waals surface area (Å²) in [6.07, 6.45) is -5.68. The summed E-state index contributed by atoms with van der Waals surface area (Å²) >= 11 is 0. The molecule has 0 amide bonds. The van der Waals surface area contributed by atoms with Crippen molar-refractivity contribution in [3.05, 3.63) is 0 Å². The Hall–Kier alpha value is 0.200. The van der Waals surface area contributed by atoms with Crippen molar-refractivity contribution in [2.24, 2.45) is 5.73 Å². The van der Waals surface area contributed by atoms with Gasteiger partial charge in [0.2, 0.25) is 0 Å². The summed E-state index contributed by atoms with van der Waals surface area (Å²) in [4.78, 5) is 0. The maximum atomic E-state index is 9.40. The van der Waals surface area contributed by atoms with Gasteiger partial charge in [0, 0.05) is 7.11 Å². The van der Waals surface area contributed by atoms with Gasteiger partial charge in [0.1, 0.15) is 18.3 Å². The van der Waals surface area contributed by atoms with Gasteiger partial charge in [-0.05, 0) is 0 Å². The van der Waals surface area contributed by atoms with Gasteiger partial charge in [0.15, 0.2) is 12.0 Å². The van der Waals surface area contributed by atoms with E-state index in [1.54, 1.807) is 0 Å². The van der Waals surface area contributed by atoms with Gasteiger partial charge in [-0.1, -0.05) is 0 Å². The van der Waals surface area contributed by atoms with E-state index in [9.17, 15) is 15.3 Å². The van der Waals surface area contributed by atoms with E-state index < -0.39 is 36.9 Å². The molecule has 0 radical (unpaired) electrons. The summed E-state index contributed by atoms with van der Waals surface area (Å²) in [5.74, 6) is 0. The lowest BCUT2D eigenvalue weighted by atomic mass is 9.95. The Labute approximate surface area is 97.2 Å². The third-order valence-electron chi connectivity index (χ3n) is 2.27. The third kappa shape index (κ3) is 2.66. The van der Waals surface area contributed by atoms with E-state index in [-0.39, 0.29) is 17.0 Å². The zero-order chi connectivity index (χ0) is 10.9. The Bertz CT molecular complexity index is 206. The summed E-state index contributed by atoms with van der Waals surface area (Å²) in [6.45, 7) is -0.697. The Morgan fingerprint density at radius 2 is 1.87 bits per heavy atom. The largest absolute Gasteiger partial charge is 0.392 e. The fourth-order valence-electron chi connectivity index (χ4n) is 1.31. The number of ether oxygens (including phenoxy) is 2. The number of hydrogen-bond donors (Lipinski definition) is 5. The number of hydrogen-bond acceptors (Lipinski definition) is 7. The molecule has 0 aromatic heterocycles. The van der Waals surface area contributed by atoms with E-state index in [1.807, 2.05) is 0 Å². The summed E-state index contributed by atoms with van der Waals surface area (Å²) < 4.78 is 9.60. The maximum Gasteiger partial charge on any atom is 0.188 e. The molecule has 15 heavy (non-hydrogen) atoms. The number of nitrogens with two attached hydrogens (primary N) is 1. The third-order valence-corrected chi connectivity index (χ3v) is 2.27. The van der Waals surface area contributed by atoms with Crippen LogP contribution in [0, 0.1) is 0 Å². The molecule has 0 spiro atoms. The fourth-order valence-corrected chi connectivity index (χ4v) is 1.31. The highest BCUT2D eigenvalue weighted by molar-refractivity contribution is 8.93. The van der Waals surface area contributed by atoms with E-state index in [0.29, 0.717) is 0 Å². The zero-order valence-corrected chi connectivity index (χ0v) is 9.82. The number of aliphatic hydroxyl groups is 4. The smallest absolute Gasteiger partial charge is 0.188 e. The van der Waals surface area contributed by atoms with E-state index >= 15 is 0 Å². The van der Waals surface area contributed by atoms with E-state index in [2.05, 4.69) is 4.74 Å². The minimum Gasteiger partial charge on any atom is -0.392 e. The molecule has 1 saturated heterocycles. The van der Waals surface area contributed by atoms with Crippen LogP contribution in [0.4, 0.5) is 0 Å². The molecule has 6 N–H and O–H groups in total. The van der Waals surface area contributed by atoms with Crippen molar-refractivity contribution in [3.63, 3.8) is 0 Å². The van der Waals surface area contributed by atoms with Gasteiger partial charge in [-0.2, -0.15) is 0 Å². The standard InChI is InChI=1S/C7H15NO6.BrH/c1-13-6-4(11)3(10)5(12)7(8,2-9)14-6;/h3-6,9-12H,2,8H2,1H3;1H/t3-,4-,5+,6-,7?;/m0./s1. The summed E-state index contributed by atoms with van der Waals surface area (Å²) in [5, 5.41) is 37.0. The summed E-state index contributed by atoms with van der Waals surface area (Å²) in [7, 11) is 1.25. The minimum absolute atomic E-state index is 0. The number of rotatable bonds is 2. The van der Waals surface area contributed by atoms with E-state index in [0.717, 1.165) is 0 Å². The van der Waals surface area contributed by atoms with Gasteiger partial charge in [0.05, 0.1) is 6.61 Å². The molecule has 5 atom stereocenters. The minimum atomic E-state index is -1.82. The van der Waals surface area contributed by atoms with Crippen molar-refractivity contribution >= 4 is 17.0 Å². The van der Waals surface area contributed by atoms with Gasteiger partial charge < -0.3 is 29.9 Å². The second-order valence-electron chi connectivity index (χ2n) is 3.26. The maximum absolute atomic E-state index is 9.40. The normalized spacial score (nSPS) is 46.0. The molecule has 1 fully saturated rings. The van der Waals surface area contributed by atoms with Crippen LogP contribution in [0.25, 0.3) is 0 Å². The average Bonchev–Trinajstić information content (AvgIpc) is 2.20. The van der Waals surface area contributed by atoms with Crippen LogP contribution in [0.2, 0.25) is 0 Å². The first-order chi connectivity index (χ1) is 6.46. The molecule has 1 unspecified atom stereocenters. The molecular weight excluding hydrogens is 274 g/mol. The van der Waals surface area contributed by atoms with Gasteiger partial charge in [-0.25, -0.2) is 0 Å².